The molecule has 0 spiro atoms. The highest BCUT2D eigenvalue weighted by Gasteiger charge is 2.20. The van der Waals surface area contributed by atoms with Gasteiger partial charge in [0.05, 0.1) is 0 Å². The summed E-state index contributed by atoms with van der Waals surface area (Å²) in [7, 11) is 0. The van der Waals surface area contributed by atoms with Gasteiger partial charge in [-0.3, -0.25) is 4.79 Å². The number of benzene rings is 1. The van der Waals surface area contributed by atoms with Crippen molar-refractivity contribution in [2.75, 3.05) is 11.5 Å². The number of amides is 1. The fraction of sp³-hybridized carbons (Fsp3) is 0.500. The van der Waals surface area contributed by atoms with Crippen LogP contribution in [0.3, 0.4) is 0 Å². The van der Waals surface area contributed by atoms with Crippen molar-refractivity contribution in [2.45, 2.75) is 39.2 Å². The lowest BCUT2D eigenvalue weighted by molar-refractivity contribution is -0.139. The first-order valence-electron chi connectivity index (χ1n) is 7.17. The van der Waals surface area contributed by atoms with Crippen molar-refractivity contribution in [2.24, 2.45) is 0 Å². The predicted octanol–water partition coefficient (Wildman–Crippen LogP) is 3.14. The summed E-state index contributed by atoms with van der Waals surface area (Å²) in [6.07, 6.45) is 0.434. The molecule has 0 aliphatic carbocycles. The molecule has 0 saturated heterocycles. The van der Waals surface area contributed by atoms with E-state index < -0.39 is 12.0 Å². The number of carbonyl (C=O) groups excluding carboxylic acids is 1. The van der Waals surface area contributed by atoms with Crippen LogP contribution in [-0.4, -0.2) is 34.5 Å². The summed E-state index contributed by atoms with van der Waals surface area (Å²) in [5.41, 5.74) is 1.65. The van der Waals surface area contributed by atoms with Gasteiger partial charge in [-0.2, -0.15) is 11.8 Å². The van der Waals surface area contributed by atoms with Gasteiger partial charge in [0, 0.05) is 5.56 Å². The summed E-state index contributed by atoms with van der Waals surface area (Å²) in [6, 6.07) is 6.46. The van der Waals surface area contributed by atoms with Crippen molar-refractivity contribution >= 4 is 23.6 Å². The molecule has 116 valence electrons. The molecular formula is C16H23NO3S. The zero-order valence-corrected chi connectivity index (χ0v) is 13.6. The van der Waals surface area contributed by atoms with E-state index >= 15 is 0 Å². The number of carboxylic acid groups (broad SMARTS) is 1. The molecule has 0 saturated carbocycles. The monoisotopic (exact) mass is 309 g/mol. The number of carbonyl (C=O) groups is 2. The molecule has 1 aromatic rings. The third kappa shape index (κ3) is 5.79. The third-order valence-corrected chi connectivity index (χ3v) is 4.13. The van der Waals surface area contributed by atoms with Gasteiger partial charge in [-0.25, -0.2) is 4.79 Å². The van der Waals surface area contributed by atoms with E-state index in [1.54, 1.807) is 23.9 Å². The second-order valence-electron chi connectivity index (χ2n) is 5.13. The Kier molecular flexibility index (Phi) is 7.29. The van der Waals surface area contributed by atoms with Crippen LogP contribution in [-0.2, 0) is 4.79 Å². The zero-order valence-electron chi connectivity index (χ0n) is 12.8. The van der Waals surface area contributed by atoms with Crippen LogP contribution in [0.15, 0.2) is 24.3 Å². The maximum absolute atomic E-state index is 12.1. The quantitative estimate of drug-likeness (QED) is 0.724. The molecule has 21 heavy (non-hydrogen) atoms. The molecule has 1 atom stereocenters. The Morgan fingerprint density at radius 1 is 1.24 bits per heavy atom. The van der Waals surface area contributed by atoms with Crippen LogP contribution < -0.4 is 5.32 Å². The van der Waals surface area contributed by atoms with Crippen molar-refractivity contribution < 1.29 is 14.7 Å². The Morgan fingerprint density at radius 3 is 2.33 bits per heavy atom. The molecule has 5 heteroatoms. The molecule has 0 heterocycles. The van der Waals surface area contributed by atoms with E-state index in [1.165, 1.54) is 0 Å². The molecule has 2 N–H and O–H groups in total. The zero-order chi connectivity index (χ0) is 15.8. The lowest BCUT2D eigenvalue weighted by Gasteiger charge is -2.14. The largest absolute Gasteiger partial charge is 0.480 e. The van der Waals surface area contributed by atoms with Gasteiger partial charge < -0.3 is 10.4 Å². The average Bonchev–Trinajstić information content (AvgIpc) is 2.46. The van der Waals surface area contributed by atoms with Crippen LogP contribution in [0.5, 0.6) is 0 Å². The van der Waals surface area contributed by atoms with Crippen LogP contribution >= 0.6 is 11.8 Å². The highest BCUT2D eigenvalue weighted by Crippen LogP contribution is 2.15. The van der Waals surface area contributed by atoms with E-state index in [1.807, 2.05) is 19.1 Å². The van der Waals surface area contributed by atoms with Crippen LogP contribution in [0, 0.1) is 0 Å². The first-order chi connectivity index (χ1) is 9.95. The number of thioether (sulfide) groups is 1. The molecular weight excluding hydrogens is 286 g/mol. The van der Waals surface area contributed by atoms with Gasteiger partial charge in [0.25, 0.3) is 5.91 Å². The van der Waals surface area contributed by atoms with Crippen LogP contribution in [0.4, 0.5) is 0 Å². The van der Waals surface area contributed by atoms with Gasteiger partial charge in [-0.1, -0.05) is 32.9 Å². The lowest BCUT2D eigenvalue weighted by Crippen LogP contribution is -2.41. The smallest absolute Gasteiger partial charge is 0.326 e. The van der Waals surface area contributed by atoms with Crippen molar-refractivity contribution in [3.8, 4) is 0 Å². The maximum atomic E-state index is 12.1. The fourth-order valence-corrected chi connectivity index (χ4v) is 2.55. The standard InChI is InChI=1S/C16H23NO3S/c1-4-21-10-9-14(16(19)20)17-15(18)13-7-5-12(6-8-13)11(2)3/h5-8,11,14H,4,9-10H2,1-3H3,(H,17,18)(H,19,20). The number of carboxylic acids is 1. The molecule has 0 aromatic heterocycles. The minimum absolute atomic E-state index is 0.334. The molecule has 1 rings (SSSR count). The molecule has 0 radical (unpaired) electrons. The molecule has 0 bridgehead atoms. The maximum Gasteiger partial charge on any atom is 0.326 e. The summed E-state index contributed by atoms with van der Waals surface area (Å²) in [4.78, 5) is 23.3. The van der Waals surface area contributed by atoms with Gasteiger partial charge in [0.2, 0.25) is 0 Å². The van der Waals surface area contributed by atoms with Gasteiger partial charge >= 0.3 is 5.97 Å². The molecule has 0 fully saturated rings. The summed E-state index contributed by atoms with van der Waals surface area (Å²) < 4.78 is 0. The summed E-state index contributed by atoms with van der Waals surface area (Å²) >= 11 is 1.67. The SMILES string of the molecule is CCSCCC(NC(=O)c1ccc(C(C)C)cc1)C(=O)O. The van der Waals surface area contributed by atoms with E-state index in [9.17, 15) is 9.59 Å². The molecule has 4 nitrogen and oxygen atoms in total. The van der Waals surface area contributed by atoms with Crippen molar-refractivity contribution in [1.29, 1.82) is 0 Å². The van der Waals surface area contributed by atoms with Crippen LogP contribution in [0.25, 0.3) is 0 Å². The van der Waals surface area contributed by atoms with Crippen molar-refractivity contribution in [3.63, 3.8) is 0 Å². The van der Waals surface area contributed by atoms with Gasteiger partial charge in [0.15, 0.2) is 0 Å². The van der Waals surface area contributed by atoms with E-state index in [-0.39, 0.29) is 5.91 Å². The Bertz CT molecular complexity index is 471. The molecule has 1 amide bonds. The predicted molar refractivity (Wildman–Crippen MR) is 87.0 cm³/mol. The molecule has 1 unspecified atom stereocenters. The fourth-order valence-electron chi connectivity index (χ4n) is 1.86. The minimum atomic E-state index is -0.987. The first kappa shape index (κ1) is 17.6. The van der Waals surface area contributed by atoms with Gasteiger partial charge in [0.1, 0.15) is 6.04 Å². The molecule has 1 aromatic carbocycles. The van der Waals surface area contributed by atoms with Crippen molar-refractivity contribution in [1.82, 2.24) is 5.32 Å². The van der Waals surface area contributed by atoms with Crippen LogP contribution in [0.2, 0.25) is 0 Å². The second kappa shape index (κ2) is 8.72. The van der Waals surface area contributed by atoms with Gasteiger partial charge in [-0.05, 0) is 41.5 Å². The van der Waals surface area contributed by atoms with Gasteiger partial charge in [-0.15, -0.1) is 0 Å². The summed E-state index contributed by atoms with van der Waals surface area (Å²) in [6.45, 7) is 6.19. The number of hydrogen-bond donors (Lipinski definition) is 2. The number of hydrogen-bond acceptors (Lipinski definition) is 3. The van der Waals surface area contributed by atoms with Crippen LogP contribution in [0.1, 0.15) is 49.0 Å². The van der Waals surface area contributed by atoms with E-state index in [0.717, 1.165) is 17.1 Å². The average molecular weight is 309 g/mol. The van der Waals surface area contributed by atoms with E-state index in [0.29, 0.717) is 17.9 Å². The lowest BCUT2D eigenvalue weighted by atomic mass is 10.0. The molecule has 0 aliphatic heterocycles. The van der Waals surface area contributed by atoms with E-state index in [2.05, 4.69) is 19.2 Å². The Labute approximate surface area is 130 Å². The number of aliphatic carboxylic acids is 1. The van der Waals surface area contributed by atoms with E-state index in [4.69, 9.17) is 5.11 Å². The number of nitrogens with one attached hydrogen (secondary N) is 1. The Hall–Kier alpha value is -1.49. The number of rotatable bonds is 8. The second-order valence-corrected chi connectivity index (χ2v) is 6.52. The minimum Gasteiger partial charge on any atom is -0.480 e. The highest BCUT2D eigenvalue weighted by atomic mass is 32.2. The third-order valence-electron chi connectivity index (χ3n) is 3.20. The van der Waals surface area contributed by atoms with Crippen molar-refractivity contribution in [3.05, 3.63) is 35.4 Å². The normalized spacial score (nSPS) is 12.2. The summed E-state index contributed by atoms with van der Waals surface area (Å²) in [5, 5.41) is 11.7. The molecule has 0 aliphatic rings. The highest BCUT2D eigenvalue weighted by molar-refractivity contribution is 7.99. The Balaban J connectivity index is 2.66. The Morgan fingerprint density at radius 2 is 1.86 bits per heavy atom. The summed E-state index contributed by atoms with van der Waals surface area (Å²) in [5.74, 6) is 0.745. The topological polar surface area (TPSA) is 66.4 Å². The first-order valence-corrected chi connectivity index (χ1v) is 8.32.